The van der Waals surface area contributed by atoms with E-state index < -0.39 is 4.92 Å². The Labute approximate surface area is 118 Å². The van der Waals surface area contributed by atoms with Crippen LogP contribution in [0.1, 0.15) is 38.1 Å². The molecule has 0 amide bonds. The summed E-state index contributed by atoms with van der Waals surface area (Å²) in [7, 11) is 0. The van der Waals surface area contributed by atoms with Crippen molar-refractivity contribution in [1.29, 1.82) is 0 Å². The zero-order chi connectivity index (χ0) is 15.3. The lowest BCUT2D eigenvalue weighted by Gasteiger charge is -2.20. The van der Waals surface area contributed by atoms with Crippen LogP contribution in [0.15, 0.2) is 18.2 Å². The number of carbonyl (C=O) groups is 1. The molecule has 20 heavy (non-hydrogen) atoms. The van der Waals surface area contributed by atoms with Gasteiger partial charge in [0.15, 0.2) is 5.78 Å². The fraction of sp³-hybridized carbons (Fsp3) is 0.500. The Hall–Kier alpha value is -1.95. The molecule has 0 spiro atoms. The van der Waals surface area contributed by atoms with E-state index in [4.69, 9.17) is 0 Å². The van der Waals surface area contributed by atoms with Gasteiger partial charge in [-0.05, 0) is 39.8 Å². The van der Waals surface area contributed by atoms with Gasteiger partial charge in [0.1, 0.15) is 5.69 Å². The minimum Gasteiger partial charge on any atom is -0.378 e. The summed E-state index contributed by atoms with van der Waals surface area (Å²) in [4.78, 5) is 21.8. The second kappa shape index (κ2) is 6.47. The summed E-state index contributed by atoms with van der Waals surface area (Å²) in [5.74, 6) is -0.186. The average molecular weight is 279 g/mol. The van der Waals surface area contributed by atoms with E-state index in [9.17, 15) is 14.9 Å². The summed E-state index contributed by atoms with van der Waals surface area (Å²) < 4.78 is 0. The van der Waals surface area contributed by atoms with E-state index in [0.29, 0.717) is 24.3 Å². The molecule has 0 atom stereocenters. The predicted molar refractivity (Wildman–Crippen MR) is 79.3 cm³/mol. The number of hydrogen-bond donors (Lipinski definition) is 2. The van der Waals surface area contributed by atoms with Crippen LogP contribution in [0.3, 0.4) is 0 Å². The smallest absolute Gasteiger partial charge is 0.293 e. The van der Waals surface area contributed by atoms with Crippen LogP contribution in [0, 0.1) is 10.1 Å². The molecule has 0 radical (unpaired) electrons. The molecule has 0 aliphatic rings. The van der Waals surface area contributed by atoms with Gasteiger partial charge in [-0.15, -0.1) is 0 Å². The third-order valence-electron chi connectivity index (χ3n) is 2.70. The minimum atomic E-state index is -0.480. The van der Waals surface area contributed by atoms with Crippen LogP contribution >= 0.6 is 0 Å². The van der Waals surface area contributed by atoms with E-state index in [2.05, 4.69) is 31.4 Å². The van der Waals surface area contributed by atoms with Crippen molar-refractivity contribution in [2.75, 3.05) is 18.4 Å². The molecule has 0 heterocycles. The first kappa shape index (κ1) is 16.1. The second-order valence-electron chi connectivity index (χ2n) is 5.65. The number of anilines is 1. The molecule has 6 heteroatoms. The highest BCUT2D eigenvalue weighted by Crippen LogP contribution is 2.25. The van der Waals surface area contributed by atoms with E-state index in [1.807, 2.05) is 0 Å². The van der Waals surface area contributed by atoms with Crippen molar-refractivity contribution < 1.29 is 9.72 Å². The number of hydrogen-bond acceptors (Lipinski definition) is 5. The van der Waals surface area contributed by atoms with Crippen LogP contribution in [0.5, 0.6) is 0 Å². The van der Waals surface area contributed by atoms with Gasteiger partial charge in [-0.3, -0.25) is 14.9 Å². The van der Waals surface area contributed by atoms with E-state index in [0.717, 1.165) is 0 Å². The van der Waals surface area contributed by atoms with Gasteiger partial charge in [0, 0.05) is 30.3 Å². The van der Waals surface area contributed by atoms with Gasteiger partial charge < -0.3 is 10.6 Å². The van der Waals surface area contributed by atoms with Crippen LogP contribution in [-0.4, -0.2) is 29.3 Å². The van der Waals surface area contributed by atoms with Crippen LogP contribution in [0.2, 0.25) is 0 Å². The molecule has 0 saturated carbocycles. The molecule has 110 valence electrons. The lowest BCUT2D eigenvalue weighted by molar-refractivity contribution is -0.384. The van der Waals surface area contributed by atoms with Gasteiger partial charge in [0.25, 0.3) is 5.69 Å². The molecule has 6 nitrogen and oxygen atoms in total. The van der Waals surface area contributed by atoms with Crippen molar-refractivity contribution in [3.05, 3.63) is 33.9 Å². The normalized spacial score (nSPS) is 11.2. The lowest BCUT2D eigenvalue weighted by Crippen LogP contribution is -2.38. The number of nitrogens with one attached hydrogen (secondary N) is 2. The van der Waals surface area contributed by atoms with Gasteiger partial charge in [-0.1, -0.05) is 0 Å². The molecule has 1 rings (SSSR count). The van der Waals surface area contributed by atoms with E-state index in [-0.39, 0.29) is 17.0 Å². The fourth-order valence-electron chi connectivity index (χ4n) is 1.69. The quantitative estimate of drug-likeness (QED) is 0.362. The number of carbonyl (C=O) groups excluding carboxylic acids is 1. The van der Waals surface area contributed by atoms with Crippen molar-refractivity contribution in [2.45, 2.75) is 33.2 Å². The molecule has 0 saturated heterocycles. The maximum atomic E-state index is 11.2. The first-order valence-corrected chi connectivity index (χ1v) is 6.49. The molecule has 1 aromatic carbocycles. The SMILES string of the molecule is CC(=O)c1ccc(NCCNC(C)(C)C)c([N+](=O)[O-])c1. The lowest BCUT2D eigenvalue weighted by atomic mass is 10.1. The topological polar surface area (TPSA) is 84.3 Å². The number of benzene rings is 1. The van der Waals surface area contributed by atoms with Crippen LogP contribution in [0.25, 0.3) is 0 Å². The molecule has 0 bridgehead atoms. The van der Waals surface area contributed by atoms with Crippen LogP contribution in [-0.2, 0) is 0 Å². The molecular formula is C14H21N3O3. The maximum Gasteiger partial charge on any atom is 0.293 e. The predicted octanol–water partition coefficient (Wildman–Crippen LogP) is 2.60. The highest BCUT2D eigenvalue weighted by Gasteiger charge is 2.16. The van der Waals surface area contributed by atoms with Crippen LogP contribution < -0.4 is 10.6 Å². The summed E-state index contributed by atoms with van der Waals surface area (Å²) in [5.41, 5.74) is 0.700. The van der Waals surface area contributed by atoms with Crippen molar-refractivity contribution >= 4 is 17.2 Å². The van der Waals surface area contributed by atoms with E-state index >= 15 is 0 Å². The van der Waals surface area contributed by atoms with Gasteiger partial charge in [-0.2, -0.15) is 0 Å². The number of ketones is 1. The summed E-state index contributed by atoms with van der Waals surface area (Å²) in [5, 5.41) is 17.3. The third-order valence-corrected chi connectivity index (χ3v) is 2.70. The standard InChI is InChI=1S/C14H21N3O3/c1-10(18)11-5-6-12(13(9-11)17(19)20)15-7-8-16-14(2,3)4/h5-6,9,15-16H,7-8H2,1-4H3. The van der Waals surface area contributed by atoms with Crippen molar-refractivity contribution in [3.8, 4) is 0 Å². The van der Waals surface area contributed by atoms with Gasteiger partial charge >= 0.3 is 0 Å². The maximum absolute atomic E-state index is 11.2. The second-order valence-corrected chi connectivity index (χ2v) is 5.65. The first-order chi connectivity index (χ1) is 9.20. The zero-order valence-corrected chi connectivity index (χ0v) is 12.3. The Morgan fingerprint density at radius 1 is 1.30 bits per heavy atom. The first-order valence-electron chi connectivity index (χ1n) is 6.49. The summed E-state index contributed by atoms with van der Waals surface area (Å²) >= 11 is 0. The number of nitro benzene ring substituents is 1. The molecule has 0 fully saturated rings. The van der Waals surface area contributed by atoms with Crippen molar-refractivity contribution in [1.82, 2.24) is 5.32 Å². The Kier molecular flexibility index (Phi) is 5.21. The van der Waals surface area contributed by atoms with Gasteiger partial charge in [0.05, 0.1) is 4.92 Å². The van der Waals surface area contributed by atoms with Crippen molar-refractivity contribution in [2.24, 2.45) is 0 Å². The van der Waals surface area contributed by atoms with Gasteiger partial charge in [-0.25, -0.2) is 0 Å². The van der Waals surface area contributed by atoms with Crippen molar-refractivity contribution in [3.63, 3.8) is 0 Å². The third kappa shape index (κ3) is 4.97. The number of rotatable bonds is 6. The Morgan fingerprint density at radius 3 is 2.45 bits per heavy atom. The Bertz CT molecular complexity index is 507. The summed E-state index contributed by atoms with van der Waals surface area (Å²) in [6, 6.07) is 4.47. The zero-order valence-electron chi connectivity index (χ0n) is 12.3. The minimum absolute atomic E-state index is 0.00605. The highest BCUT2D eigenvalue weighted by atomic mass is 16.6. The largest absolute Gasteiger partial charge is 0.378 e. The highest BCUT2D eigenvalue weighted by molar-refractivity contribution is 5.95. The average Bonchev–Trinajstić information content (AvgIpc) is 2.33. The molecular weight excluding hydrogens is 258 g/mol. The van der Waals surface area contributed by atoms with E-state index in [1.54, 1.807) is 12.1 Å². The number of Topliss-reactive ketones (excluding diaryl/α,β-unsaturated/α-hetero) is 1. The Morgan fingerprint density at radius 2 is 1.95 bits per heavy atom. The molecule has 0 aliphatic carbocycles. The van der Waals surface area contributed by atoms with Crippen LogP contribution in [0.4, 0.5) is 11.4 Å². The molecule has 1 aromatic rings. The molecule has 0 aromatic heterocycles. The molecule has 2 N–H and O–H groups in total. The monoisotopic (exact) mass is 279 g/mol. The summed E-state index contributed by atoms with van der Waals surface area (Å²) in [6.45, 7) is 8.80. The van der Waals surface area contributed by atoms with Gasteiger partial charge in [0.2, 0.25) is 0 Å². The Balaban J connectivity index is 2.75. The summed E-state index contributed by atoms with van der Waals surface area (Å²) in [6.07, 6.45) is 0. The molecule has 0 unspecified atom stereocenters. The number of nitro groups is 1. The van der Waals surface area contributed by atoms with E-state index in [1.165, 1.54) is 13.0 Å². The number of nitrogens with zero attached hydrogens (tertiary/aromatic N) is 1. The molecule has 0 aliphatic heterocycles. The fourth-order valence-corrected chi connectivity index (χ4v) is 1.69.